The van der Waals surface area contributed by atoms with Gasteiger partial charge in [0.1, 0.15) is 0 Å². The highest BCUT2D eigenvalue weighted by molar-refractivity contribution is 5.17. The molecule has 0 spiro atoms. The molecule has 1 aliphatic carbocycles. The maximum Gasteiger partial charge on any atom is 0.0802 e. The standard InChI is InChI=1S/C15H23NO2/c1-18-12-11-16(14-7-8-14)10-9-15(17)13-5-3-2-4-6-13/h2-6,14-15,17H,7-12H2,1H3/t15-/m1/s1. The molecule has 1 atom stereocenters. The third-order valence-electron chi connectivity index (χ3n) is 3.52. The maximum atomic E-state index is 10.1. The zero-order chi connectivity index (χ0) is 12.8. The quantitative estimate of drug-likeness (QED) is 0.767. The molecule has 1 N–H and O–H groups in total. The van der Waals surface area contributed by atoms with Crippen LogP contribution in [0.4, 0.5) is 0 Å². The summed E-state index contributed by atoms with van der Waals surface area (Å²) >= 11 is 0. The largest absolute Gasteiger partial charge is 0.388 e. The van der Waals surface area contributed by atoms with Crippen LogP contribution in [-0.2, 0) is 4.74 Å². The van der Waals surface area contributed by atoms with E-state index in [1.54, 1.807) is 7.11 Å². The molecule has 0 amide bonds. The highest BCUT2D eigenvalue weighted by atomic mass is 16.5. The van der Waals surface area contributed by atoms with E-state index in [2.05, 4.69) is 4.90 Å². The molecule has 0 aromatic heterocycles. The zero-order valence-electron chi connectivity index (χ0n) is 11.1. The zero-order valence-corrected chi connectivity index (χ0v) is 11.1. The minimum atomic E-state index is -0.352. The van der Waals surface area contributed by atoms with Gasteiger partial charge in [-0.25, -0.2) is 0 Å². The van der Waals surface area contributed by atoms with Crippen molar-refractivity contribution in [2.45, 2.75) is 31.4 Å². The molecule has 3 heteroatoms. The van der Waals surface area contributed by atoms with Gasteiger partial charge in [0.2, 0.25) is 0 Å². The van der Waals surface area contributed by atoms with Crippen molar-refractivity contribution in [3.05, 3.63) is 35.9 Å². The second-order valence-corrected chi connectivity index (χ2v) is 4.98. The van der Waals surface area contributed by atoms with E-state index in [1.807, 2.05) is 30.3 Å². The number of aliphatic hydroxyl groups excluding tert-OH is 1. The van der Waals surface area contributed by atoms with E-state index in [-0.39, 0.29) is 6.10 Å². The minimum Gasteiger partial charge on any atom is -0.388 e. The summed E-state index contributed by atoms with van der Waals surface area (Å²) in [5.74, 6) is 0. The molecule has 100 valence electrons. The summed E-state index contributed by atoms with van der Waals surface area (Å²) in [5, 5.41) is 10.1. The lowest BCUT2D eigenvalue weighted by Crippen LogP contribution is -2.31. The van der Waals surface area contributed by atoms with Gasteiger partial charge < -0.3 is 9.84 Å². The average Bonchev–Trinajstić information content (AvgIpc) is 3.24. The molecule has 1 aromatic carbocycles. The molecule has 2 rings (SSSR count). The number of rotatable bonds is 8. The van der Waals surface area contributed by atoms with E-state index in [0.717, 1.165) is 37.7 Å². The predicted octanol–water partition coefficient (Wildman–Crippen LogP) is 2.22. The second kappa shape index (κ2) is 6.88. The smallest absolute Gasteiger partial charge is 0.0802 e. The van der Waals surface area contributed by atoms with Crippen LogP contribution in [0.3, 0.4) is 0 Å². The molecule has 0 bridgehead atoms. The van der Waals surface area contributed by atoms with E-state index in [0.29, 0.717) is 0 Å². The minimum absolute atomic E-state index is 0.352. The van der Waals surface area contributed by atoms with Crippen molar-refractivity contribution < 1.29 is 9.84 Å². The van der Waals surface area contributed by atoms with Gasteiger partial charge in [-0.3, -0.25) is 4.90 Å². The summed E-state index contributed by atoms with van der Waals surface area (Å²) in [6.07, 6.45) is 3.04. The maximum absolute atomic E-state index is 10.1. The van der Waals surface area contributed by atoms with Crippen molar-refractivity contribution in [2.24, 2.45) is 0 Å². The van der Waals surface area contributed by atoms with E-state index in [4.69, 9.17) is 4.74 Å². The summed E-state index contributed by atoms with van der Waals surface area (Å²) in [4.78, 5) is 2.44. The van der Waals surface area contributed by atoms with Crippen LogP contribution in [0, 0.1) is 0 Å². The van der Waals surface area contributed by atoms with E-state index >= 15 is 0 Å². The summed E-state index contributed by atoms with van der Waals surface area (Å²) in [6.45, 7) is 2.70. The third kappa shape index (κ3) is 4.09. The number of methoxy groups -OCH3 is 1. The van der Waals surface area contributed by atoms with Crippen LogP contribution in [0.15, 0.2) is 30.3 Å². The van der Waals surface area contributed by atoms with Crippen molar-refractivity contribution in [3.63, 3.8) is 0 Å². The predicted molar refractivity (Wildman–Crippen MR) is 72.5 cm³/mol. The molecule has 1 aromatic rings. The molecule has 1 saturated carbocycles. The molecular weight excluding hydrogens is 226 g/mol. The van der Waals surface area contributed by atoms with Crippen LogP contribution in [0.5, 0.6) is 0 Å². The van der Waals surface area contributed by atoms with Gasteiger partial charge >= 0.3 is 0 Å². The fourth-order valence-electron chi connectivity index (χ4n) is 2.26. The first-order valence-electron chi connectivity index (χ1n) is 6.77. The lowest BCUT2D eigenvalue weighted by molar-refractivity contribution is 0.113. The molecule has 1 aliphatic rings. The first-order chi connectivity index (χ1) is 8.81. The third-order valence-corrected chi connectivity index (χ3v) is 3.52. The molecule has 0 radical (unpaired) electrons. The van der Waals surface area contributed by atoms with Gasteiger partial charge in [-0.15, -0.1) is 0 Å². The Labute approximate surface area is 109 Å². The SMILES string of the molecule is COCCN(CC[C@@H](O)c1ccccc1)C1CC1. The number of ether oxygens (including phenoxy) is 1. The lowest BCUT2D eigenvalue weighted by atomic mass is 10.1. The monoisotopic (exact) mass is 249 g/mol. The average molecular weight is 249 g/mol. The molecular formula is C15H23NO2. The van der Waals surface area contributed by atoms with Gasteiger partial charge in [-0.2, -0.15) is 0 Å². The van der Waals surface area contributed by atoms with Crippen LogP contribution >= 0.6 is 0 Å². The van der Waals surface area contributed by atoms with Gasteiger partial charge in [0.15, 0.2) is 0 Å². The van der Waals surface area contributed by atoms with Crippen molar-refractivity contribution in [1.82, 2.24) is 4.90 Å². The topological polar surface area (TPSA) is 32.7 Å². The Kier molecular flexibility index (Phi) is 5.17. The Bertz CT molecular complexity index is 338. The van der Waals surface area contributed by atoms with Crippen molar-refractivity contribution >= 4 is 0 Å². The number of hydrogen-bond donors (Lipinski definition) is 1. The van der Waals surface area contributed by atoms with E-state index in [1.165, 1.54) is 12.8 Å². The number of benzene rings is 1. The first-order valence-corrected chi connectivity index (χ1v) is 6.77. The summed E-state index contributed by atoms with van der Waals surface area (Å²) < 4.78 is 5.14. The molecule has 0 heterocycles. The Morgan fingerprint density at radius 3 is 2.61 bits per heavy atom. The highest BCUT2D eigenvalue weighted by Crippen LogP contribution is 2.27. The van der Waals surface area contributed by atoms with Gasteiger partial charge in [0, 0.05) is 26.2 Å². The van der Waals surface area contributed by atoms with Crippen molar-refractivity contribution in [2.75, 3.05) is 26.8 Å². The lowest BCUT2D eigenvalue weighted by Gasteiger charge is -2.23. The molecule has 0 aliphatic heterocycles. The van der Waals surface area contributed by atoms with Gasteiger partial charge in [-0.1, -0.05) is 30.3 Å². The summed E-state index contributed by atoms with van der Waals surface area (Å²) in [6, 6.07) is 10.6. The second-order valence-electron chi connectivity index (χ2n) is 4.98. The summed E-state index contributed by atoms with van der Waals surface area (Å²) in [7, 11) is 1.74. The van der Waals surface area contributed by atoms with Crippen LogP contribution < -0.4 is 0 Å². The molecule has 0 saturated heterocycles. The number of nitrogens with zero attached hydrogens (tertiary/aromatic N) is 1. The molecule has 1 fully saturated rings. The Hall–Kier alpha value is -0.900. The van der Waals surface area contributed by atoms with Crippen LogP contribution in [0.2, 0.25) is 0 Å². The summed E-state index contributed by atoms with van der Waals surface area (Å²) in [5.41, 5.74) is 1.01. The fourth-order valence-corrected chi connectivity index (χ4v) is 2.26. The molecule has 18 heavy (non-hydrogen) atoms. The van der Waals surface area contributed by atoms with Gasteiger partial charge in [0.05, 0.1) is 12.7 Å². The molecule has 0 unspecified atom stereocenters. The molecule has 3 nitrogen and oxygen atoms in total. The van der Waals surface area contributed by atoms with Gasteiger partial charge in [0.25, 0.3) is 0 Å². The Morgan fingerprint density at radius 1 is 1.28 bits per heavy atom. The number of aliphatic hydroxyl groups is 1. The van der Waals surface area contributed by atoms with Crippen LogP contribution in [0.25, 0.3) is 0 Å². The highest BCUT2D eigenvalue weighted by Gasteiger charge is 2.28. The van der Waals surface area contributed by atoms with Crippen LogP contribution in [0.1, 0.15) is 30.9 Å². The normalized spacial score (nSPS) is 17.1. The van der Waals surface area contributed by atoms with E-state index < -0.39 is 0 Å². The van der Waals surface area contributed by atoms with Crippen molar-refractivity contribution in [3.8, 4) is 0 Å². The van der Waals surface area contributed by atoms with Gasteiger partial charge in [-0.05, 0) is 24.8 Å². The van der Waals surface area contributed by atoms with Crippen molar-refractivity contribution in [1.29, 1.82) is 0 Å². The fraction of sp³-hybridized carbons (Fsp3) is 0.600. The Balaban J connectivity index is 1.78. The first kappa shape index (κ1) is 13.5. The number of hydrogen-bond acceptors (Lipinski definition) is 3. The van der Waals surface area contributed by atoms with Crippen LogP contribution in [-0.4, -0.2) is 42.9 Å². The Morgan fingerprint density at radius 2 is 2.00 bits per heavy atom. The van der Waals surface area contributed by atoms with E-state index in [9.17, 15) is 5.11 Å².